The summed E-state index contributed by atoms with van der Waals surface area (Å²) in [5.74, 6) is 0.786. The van der Waals surface area contributed by atoms with Gasteiger partial charge < -0.3 is 5.73 Å². The van der Waals surface area contributed by atoms with Gasteiger partial charge in [-0.3, -0.25) is 0 Å². The van der Waals surface area contributed by atoms with Crippen LogP contribution < -0.4 is 10.5 Å². The first-order valence-corrected chi connectivity index (χ1v) is 7.23. The van der Waals surface area contributed by atoms with Crippen molar-refractivity contribution in [2.24, 2.45) is 17.1 Å². The average Bonchev–Trinajstić information content (AvgIpc) is 3.02. The molecule has 2 fully saturated rings. The van der Waals surface area contributed by atoms with E-state index in [0.29, 0.717) is 12.0 Å². The highest BCUT2D eigenvalue weighted by molar-refractivity contribution is 7.90. The van der Waals surface area contributed by atoms with Gasteiger partial charge in [-0.05, 0) is 43.9 Å². The summed E-state index contributed by atoms with van der Waals surface area (Å²) < 4.78 is 26.1. The van der Waals surface area contributed by atoms with Crippen molar-refractivity contribution < 1.29 is 8.42 Å². The van der Waals surface area contributed by atoms with E-state index in [4.69, 9.17) is 5.73 Å². The van der Waals surface area contributed by atoms with E-state index in [1.54, 1.807) is 6.92 Å². The van der Waals surface area contributed by atoms with Crippen LogP contribution >= 0.6 is 0 Å². The normalized spacial score (nSPS) is 26.3. The van der Waals surface area contributed by atoms with Gasteiger partial charge in [0.1, 0.15) is 0 Å². The summed E-state index contributed by atoms with van der Waals surface area (Å²) in [6.07, 6.45) is 4.96. The SMILES string of the molecule is CC(CN)S(=O)(=O)NCC1(C2CC2)CC1. The van der Waals surface area contributed by atoms with Crippen molar-refractivity contribution in [1.82, 2.24) is 4.72 Å². The highest BCUT2D eigenvalue weighted by Gasteiger charge is 2.53. The van der Waals surface area contributed by atoms with Crippen LogP contribution in [-0.2, 0) is 10.0 Å². The molecule has 1 unspecified atom stereocenters. The van der Waals surface area contributed by atoms with Gasteiger partial charge in [0.15, 0.2) is 0 Å². The molecule has 0 spiro atoms. The topological polar surface area (TPSA) is 72.2 Å². The minimum atomic E-state index is -3.18. The van der Waals surface area contributed by atoms with Gasteiger partial charge in [0, 0.05) is 13.1 Å². The second-order valence-electron chi connectivity index (χ2n) is 5.05. The van der Waals surface area contributed by atoms with Gasteiger partial charge in [-0.2, -0.15) is 0 Å². The summed E-state index contributed by atoms with van der Waals surface area (Å²) in [5, 5.41) is -0.479. The number of hydrogen-bond donors (Lipinski definition) is 2. The summed E-state index contributed by atoms with van der Waals surface area (Å²) in [4.78, 5) is 0. The van der Waals surface area contributed by atoms with Crippen LogP contribution in [0.1, 0.15) is 32.6 Å². The predicted octanol–water partition coefficient (Wildman–Crippen LogP) is 0.443. The minimum absolute atomic E-state index is 0.186. The minimum Gasteiger partial charge on any atom is -0.329 e. The fourth-order valence-corrected chi connectivity index (χ4v) is 3.13. The zero-order valence-corrected chi connectivity index (χ0v) is 10.0. The summed E-state index contributed by atoms with van der Waals surface area (Å²) in [6.45, 7) is 2.47. The number of sulfonamides is 1. The number of nitrogens with one attached hydrogen (secondary N) is 1. The van der Waals surface area contributed by atoms with Gasteiger partial charge in [0.05, 0.1) is 5.25 Å². The molecule has 2 rings (SSSR count). The predicted molar refractivity (Wildman–Crippen MR) is 59.8 cm³/mol. The highest BCUT2D eigenvalue weighted by atomic mass is 32.2. The van der Waals surface area contributed by atoms with Gasteiger partial charge in [0.2, 0.25) is 10.0 Å². The molecule has 5 heteroatoms. The van der Waals surface area contributed by atoms with Crippen molar-refractivity contribution >= 4 is 10.0 Å². The number of nitrogens with two attached hydrogens (primary N) is 1. The lowest BCUT2D eigenvalue weighted by atomic mass is 10.0. The maximum Gasteiger partial charge on any atom is 0.215 e. The quantitative estimate of drug-likeness (QED) is 0.698. The third-order valence-electron chi connectivity index (χ3n) is 3.82. The fraction of sp³-hybridized carbons (Fsp3) is 1.00. The first-order valence-electron chi connectivity index (χ1n) is 5.69. The van der Waals surface area contributed by atoms with E-state index in [1.807, 2.05) is 0 Å². The summed E-state index contributed by atoms with van der Waals surface area (Å²) in [6, 6.07) is 0. The molecule has 2 aliphatic carbocycles. The van der Waals surface area contributed by atoms with Crippen LogP contribution in [0.2, 0.25) is 0 Å². The van der Waals surface area contributed by atoms with Gasteiger partial charge in [-0.25, -0.2) is 13.1 Å². The van der Waals surface area contributed by atoms with E-state index >= 15 is 0 Å². The zero-order valence-electron chi connectivity index (χ0n) is 9.20. The lowest BCUT2D eigenvalue weighted by Crippen LogP contribution is -2.40. The Morgan fingerprint density at radius 1 is 1.47 bits per heavy atom. The van der Waals surface area contributed by atoms with Crippen molar-refractivity contribution in [3.63, 3.8) is 0 Å². The molecule has 2 aliphatic rings. The molecule has 0 radical (unpaired) electrons. The van der Waals surface area contributed by atoms with Crippen LogP contribution in [0.5, 0.6) is 0 Å². The van der Waals surface area contributed by atoms with Crippen LogP contribution in [-0.4, -0.2) is 26.8 Å². The standard InChI is InChI=1S/C10H20N2O2S/c1-8(6-11)15(13,14)12-7-10(4-5-10)9-2-3-9/h8-9,12H,2-7,11H2,1H3. The van der Waals surface area contributed by atoms with E-state index in [2.05, 4.69) is 4.72 Å². The van der Waals surface area contributed by atoms with E-state index < -0.39 is 15.3 Å². The Bertz CT molecular complexity index is 331. The van der Waals surface area contributed by atoms with Crippen LogP contribution in [0.3, 0.4) is 0 Å². The Morgan fingerprint density at radius 3 is 2.47 bits per heavy atom. The van der Waals surface area contributed by atoms with Gasteiger partial charge >= 0.3 is 0 Å². The molecule has 1 atom stereocenters. The number of rotatable bonds is 6. The fourth-order valence-electron chi connectivity index (χ4n) is 2.10. The van der Waals surface area contributed by atoms with Crippen molar-refractivity contribution in [3.8, 4) is 0 Å². The first kappa shape index (κ1) is 11.4. The van der Waals surface area contributed by atoms with E-state index in [1.165, 1.54) is 25.7 Å². The molecule has 0 heterocycles. The lowest BCUT2D eigenvalue weighted by Gasteiger charge is -2.17. The Balaban J connectivity index is 1.87. The van der Waals surface area contributed by atoms with Gasteiger partial charge in [-0.1, -0.05) is 0 Å². The molecule has 0 aromatic rings. The third kappa shape index (κ3) is 2.34. The van der Waals surface area contributed by atoms with Crippen LogP contribution in [0.15, 0.2) is 0 Å². The highest BCUT2D eigenvalue weighted by Crippen LogP contribution is 2.60. The maximum atomic E-state index is 11.7. The molecular formula is C10H20N2O2S. The summed E-state index contributed by atoms with van der Waals surface area (Å²) >= 11 is 0. The summed E-state index contributed by atoms with van der Waals surface area (Å²) in [5.41, 5.74) is 5.69. The molecular weight excluding hydrogens is 212 g/mol. The molecule has 0 saturated heterocycles. The molecule has 15 heavy (non-hydrogen) atoms. The molecule has 3 N–H and O–H groups in total. The molecule has 0 bridgehead atoms. The van der Waals surface area contributed by atoms with Crippen molar-refractivity contribution in [1.29, 1.82) is 0 Å². The largest absolute Gasteiger partial charge is 0.329 e. The van der Waals surface area contributed by atoms with Gasteiger partial charge in [0.25, 0.3) is 0 Å². The van der Waals surface area contributed by atoms with Crippen LogP contribution in [0, 0.1) is 11.3 Å². The molecule has 0 aromatic carbocycles. The maximum absolute atomic E-state index is 11.7. The molecule has 0 amide bonds. The smallest absolute Gasteiger partial charge is 0.215 e. The molecule has 0 aromatic heterocycles. The first-order chi connectivity index (χ1) is 7.00. The Kier molecular flexibility index (Phi) is 2.81. The van der Waals surface area contributed by atoms with Crippen molar-refractivity contribution in [3.05, 3.63) is 0 Å². The number of hydrogen-bond acceptors (Lipinski definition) is 3. The molecule has 2 saturated carbocycles. The summed E-state index contributed by atoms with van der Waals surface area (Å²) in [7, 11) is -3.18. The van der Waals surface area contributed by atoms with Crippen molar-refractivity contribution in [2.75, 3.05) is 13.1 Å². The molecule has 88 valence electrons. The Hall–Kier alpha value is -0.130. The second kappa shape index (κ2) is 3.71. The van der Waals surface area contributed by atoms with E-state index in [9.17, 15) is 8.42 Å². The van der Waals surface area contributed by atoms with Crippen molar-refractivity contribution in [2.45, 2.75) is 37.9 Å². The third-order valence-corrected chi connectivity index (χ3v) is 5.62. The van der Waals surface area contributed by atoms with Gasteiger partial charge in [-0.15, -0.1) is 0 Å². The monoisotopic (exact) mass is 232 g/mol. The lowest BCUT2D eigenvalue weighted by molar-refractivity contribution is 0.430. The van der Waals surface area contributed by atoms with E-state index in [-0.39, 0.29) is 6.54 Å². The Labute approximate surface area is 91.7 Å². The Morgan fingerprint density at radius 2 is 2.07 bits per heavy atom. The van der Waals surface area contributed by atoms with E-state index in [0.717, 1.165) is 5.92 Å². The second-order valence-corrected chi connectivity index (χ2v) is 7.23. The molecule has 0 aliphatic heterocycles. The van der Waals surface area contributed by atoms with Crippen LogP contribution in [0.25, 0.3) is 0 Å². The zero-order chi connectivity index (χ0) is 11.1. The average molecular weight is 232 g/mol. The van der Waals surface area contributed by atoms with Crippen LogP contribution in [0.4, 0.5) is 0 Å². The molecule has 4 nitrogen and oxygen atoms in total.